The Hall–Kier alpha value is -2.30. The maximum Gasteiger partial charge on any atom is 0.265 e. The number of anilines is 1. The molecule has 0 bridgehead atoms. The molecular formula is C17H12ClNO2S. The molecule has 0 radical (unpaired) electrons. The summed E-state index contributed by atoms with van der Waals surface area (Å²) in [4.78, 5) is 13.8. The fourth-order valence-electron chi connectivity index (χ4n) is 2.03. The summed E-state index contributed by atoms with van der Waals surface area (Å²) >= 11 is 7.27. The van der Waals surface area contributed by atoms with Crippen molar-refractivity contribution in [2.75, 3.05) is 5.32 Å². The van der Waals surface area contributed by atoms with Crippen LogP contribution in [0.2, 0.25) is 5.02 Å². The van der Waals surface area contributed by atoms with E-state index in [4.69, 9.17) is 11.6 Å². The Labute approximate surface area is 136 Å². The first-order valence-electron chi connectivity index (χ1n) is 6.58. The predicted molar refractivity (Wildman–Crippen MR) is 90.8 cm³/mol. The van der Waals surface area contributed by atoms with Crippen molar-refractivity contribution in [3.8, 4) is 16.2 Å². The third kappa shape index (κ3) is 3.30. The average molecular weight is 330 g/mol. The van der Waals surface area contributed by atoms with Gasteiger partial charge in [0.1, 0.15) is 5.75 Å². The molecule has 0 aliphatic rings. The van der Waals surface area contributed by atoms with Gasteiger partial charge in [-0.2, -0.15) is 0 Å². The van der Waals surface area contributed by atoms with E-state index >= 15 is 0 Å². The zero-order chi connectivity index (χ0) is 15.5. The van der Waals surface area contributed by atoms with E-state index in [1.165, 1.54) is 11.3 Å². The minimum absolute atomic E-state index is 0.182. The molecule has 2 aromatic carbocycles. The second-order valence-electron chi connectivity index (χ2n) is 4.68. The van der Waals surface area contributed by atoms with Crippen molar-refractivity contribution in [1.82, 2.24) is 0 Å². The van der Waals surface area contributed by atoms with Gasteiger partial charge in [-0.05, 0) is 48.0 Å². The Kier molecular flexibility index (Phi) is 4.13. The highest BCUT2D eigenvalue weighted by molar-refractivity contribution is 7.17. The third-order valence-corrected chi connectivity index (χ3v) is 4.41. The molecule has 0 fully saturated rings. The molecule has 2 N–H and O–H groups in total. The average Bonchev–Trinajstić information content (AvgIpc) is 2.97. The van der Waals surface area contributed by atoms with Crippen LogP contribution >= 0.6 is 22.9 Å². The molecule has 0 spiro atoms. The molecule has 1 aromatic heterocycles. The van der Waals surface area contributed by atoms with Crippen LogP contribution in [0.25, 0.3) is 10.4 Å². The molecule has 22 heavy (non-hydrogen) atoms. The number of carbonyl (C=O) groups excluding carboxylic acids is 1. The Morgan fingerprint density at radius 1 is 1.05 bits per heavy atom. The molecule has 0 saturated carbocycles. The summed E-state index contributed by atoms with van der Waals surface area (Å²) in [6.07, 6.45) is 0. The highest BCUT2D eigenvalue weighted by Gasteiger charge is 2.11. The summed E-state index contributed by atoms with van der Waals surface area (Å²) in [5.41, 5.74) is 1.54. The smallest absolute Gasteiger partial charge is 0.265 e. The lowest BCUT2D eigenvalue weighted by Gasteiger charge is -2.03. The molecule has 110 valence electrons. The number of phenols is 1. The van der Waals surface area contributed by atoms with Crippen molar-refractivity contribution >= 4 is 34.5 Å². The second-order valence-corrected chi connectivity index (χ2v) is 6.20. The van der Waals surface area contributed by atoms with Crippen LogP contribution in [0.5, 0.6) is 5.75 Å². The predicted octanol–water partition coefficient (Wildman–Crippen LogP) is 5.03. The number of aromatic hydroxyl groups is 1. The van der Waals surface area contributed by atoms with Crippen molar-refractivity contribution in [1.29, 1.82) is 0 Å². The van der Waals surface area contributed by atoms with E-state index in [0.29, 0.717) is 15.6 Å². The first-order chi connectivity index (χ1) is 10.6. The number of thiophene rings is 1. The number of hydrogen-bond acceptors (Lipinski definition) is 3. The molecule has 0 atom stereocenters. The number of phenolic OH excluding ortho intramolecular Hbond substituents is 1. The van der Waals surface area contributed by atoms with E-state index in [1.54, 1.807) is 48.5 Å². The summed E-state index contributed by atoms with van der Waals surface area (Å²) < 4.78 is 0. The van der Waals surface area contributed by atoms with Gasteiger partial charge in [-0.3, -0.25) is 4.79 Å². The number of halogens is 1. The van der Waals surface area contributed by atoms with Gasteiger partial charge in [-0.15, -0.1) is 11.3 Å². The van der Waals surface area contributed by atoms with Gasteiger partial charge in [-0.1, -0.05) is 29.8 Å². The van der Waals surface area contributed by atoms with E-state index in [2.05, 4.69) is 5.32 Å². The van der Waals surface area contributed by atoms with Crippen molar-refractivity contribution in [2.24, 2.45) is 0 Å². The number of amides is 1. The van der Waals surface area contributed by atoms with Crippen LogP contribution < -0.4 is 5.32 Å². The van der Waals surface area contributed by atoms with Gasteiger partial charge >= 0.3 is 0 Å². The van der Waals surface area contributed by atoms with Gasteiger partial charge in [0.2, 0.25) is 0 Å². The lowest BCUT2D eigenvalue weighted by Crippen LogP contribution is -2.09. The number of hydrogen-bond donors (Lipinski definition) is 2. The molecule has 0 saturated heterocycles. The van der Waals surface area contributed by atoms with Crippen molar-refractivity contribution in [2.45, 2.75) is 0 Å². The Balaban J connectivity index is 1.80. The SMILES string of the molecule is O=C(Nc1cccc(Cl)c1)c1ccc(-c2cccc(O)c2)s1. The molecule has 0 unspecified atom stereocenters. The van der Waals surface area contributed by atoms with E-state index in [-0.39, 0.29) is 11.7 Å². The van der Waals surface area contributed by atoms with E-state index < -0.39 is 0 Å². The molecule has 1 amide bonds. The van der Waals surface area contributed by atoms with Crippen LogP contribution in [-0.4, -0.2) is 11.0 Å². The molecule has 3 nitrogen and oxygen atoms in total. The number of rotatable bonds is 3. The summed E-state index contributed by atoms with van der Waals surface area (Å²) in [5, 5.41) is 12.9. The lowest BCUT2D eigenvalue weighted by molar-refractivity contribution is 0.103. The number of carbonyl (C=O) groups is 1. The molecule has 1 heterocycles. The third-order valence-electron chi connectivity index (χ3n) is 3.04. The summed E-state index contributed by atoms with van der Waals surface area (Å²) in [6.45, 7) is 0. The van der Waals surface area contributed by atoms with Crippen LogP contribution in [0.4, 0.5) is 5.69 Å². The second kappa shape index (κ2) is 6.22. The van der Waals surface area contributed by atoms with Crippen LogP contribution in [-0.2, 0) is 0 Å². The van der Waals surface area contributed by atoms with E-state index in [1.807, 2.05) is 12.1 Å². The quantitative estimate of drug-likeness (QED) is 0.708. The normalized spacial score (nSPS) is 10.4. The van der Waals surface area contributed by atoms with Crippen LogP contribution in [0.1, 0.15) is 9.67 Å². The lowest BCUT2D eigenvalue weighted by atomic mass is 10.2. The molecule has 3 rings (SSSR count). The summed E-state index contributed by atoms with van der Waals surface area (Å²) in [7, 11) is 0. The fourth-order valence-corrected chi connectivity index (χ4v) is 3.12. The highest BCUT2D eigenvalue weighted by Crippen LogP contribution is 2.30. The fraction of sp³-hybridized carbons (Fsp3) is 0. The van der Waals surface area contributed by atoms with Crippen molar-refractivity contribution in [3.63, 3.8) is 0 Å². The topological polar surface area (TPSA) is 49.3 Å². The first-order valence-corrected chi connectivity index (χ1v) is 7.77. The Morgan fingerprint density at radius 2 is 1.86 bits per heavy atom. The van der Waals surface area contributed by atoms with Gasteiger partial charge in [-0.25, -0.2) is 0 Å². The summed E-state index contributed by atoms with van der Waals surface area (Å²) in [6, 6.07) is 17.6. The van der Waals surface area contributed by atoms with Gasteiger partial charge < -0.3 is 10.4 Å². The molecule has 5 heteroatoms. The van der Waals surface area contributed by atoms with Crippen LogP contribution in [0, 0.1) is 0 Å². The monoisotopic (exact) mass is 329 g/mol. The maximum absolute atomic E-state index is 12.2. The van der Waals surface area contributed by atoms with E-state index in [0.717, 1.165) is 10.4 Å². The van der Waals surface area contributed by atoms with Crippen molar-refractivity contribution < 1.29 is 9.90 Å². The van der Waals surface area contributed by atoms with Gasteiger partial charge in [0.25, 0.3) is 5.91 Å². The molecule has 0 aliphatic carbocycles. The first kappa shape index (κ1) is 14.6. The number of nitrogens with one attached hydrogen (secondary N) is 1. The van der Waals surface area contributed by atoms with Crippen LogP contribution in [0.15, 0.2) is 60.7 Å². The minimum atomic E-state index is -0.182. The maximum atomic E-state index is 12.2. The van der Waals surface area contributed by atoms with Gasteiger partial charge in [0.15, 0.2) is 0 Å². The van der Waals surface area contributed by atoms with Gasteiger partial charge in [0.05, 0.1) is 4.88 Å². The zero-order valence-electron chi connectivity index (χ0n) is 11.4. The zero-order valence-corrected chi connectivity index (χ0v) is 13.0. The Bertz CT molecular complexity index is 829. The highest BCUT2D eigenvalue weighted by atomic mass is 35.5. The number of benzene rings is 2. The van der Waals surface area contributed by atoms with Crippen molar-refractivity contribution in [3.05, 3.63) is 70.6 Å². The molecular weight excluding hydrogens is 318 g/mol. The summed E-state index contributed by atoms with van der Waals surface area (Å²) in [5.74, 6) is 0.0227. The molecule has 3 aromatic rings. The molecule has 0 aliphatic heterocycles. The Morgan fingerprint density at radius 3 is 2.64 bits per heavy atom. The van der Waals surface area contributed by atoms with E-state index in [9.17, 15) is 9.90 Å². The van der Waals surface area contributed by atoms with Gasteiger partial charge in [0, 0.05) is 15.6 Å². The van der Waals surface area contributed by atoms with Crippen LogP contribution in [0.3, 0.4) is 0 Å². The standard InChI is InChI=1S/C17H12ClNO2S/c18-12-4-2-5-13(10-12)19-17(21)16-8-7-15(22-16)11-3-1-6-14(20)9-11/h1-10,20H,(H,19,21). The largest absolute Gasteiger partial charge is 0.508 e. The minimum Gasteiger partial charge on any atom is -0.508 e.